The number of hydrogen-bond acceptors (Lipinski definition) is 7. The molecule has 134 valence electrons. The number of aromatic amines is 1. The van der Waals surface area contributed by atoms with Gasteiger partial charge in [0.1, 0.15) is 11.8 Å². The summed E-state index contributed by atoms with van der Waals surface area (Å²) < 4.78 is 2.27. The molecule has 8 nitrogen and oxygen atoms in total. The van der Waals surface area contributed by atoms with Crippen LogP contribution in [0.25, 0.3) is 16.1 Å². The van der Waals surface area contributed by atoms with Crippen LogP contribution in [0.2, 0.25) is 0 Å². The second-order valence-electron chi connectivity index (χ2n) is 6.52. The Balaban J connectivity index is 1.44. The van der Waals surface area contributed by atoms with Crippen molar-refractivity contribution in [3.8, 4) is 0 Å². The number of imidazole rings is 2. The quantitative estimate of drug-likeness (QED) is 0.731. The summed E-state index contributed by atoms with van der Waals surface area (Å²) >= 11 is 1.84. The minimum atomic E-state index is 0.550. The van der Waals surface area contributed by atoms with Crippen molar-refractivity contribution >= 4 is 33.6 Å². The van der Waals surface area contributed by atoms with E-state index in [1.54, 1.807) is 12.7 Å². The first-order valence-corrected chi connectivity index (χ1v) is 9.87. The van der Waals surface area contributed by atoms with Gasteiger partial charge in [-0.15, -0.1) is 11.8 Å². The molecule has 0 bridgehead atoms. The Morgan fingerprint density at radius 1 is 1.12 bits per heavy atom. The highest BCUT2D eigenvalue weighted by atomic mass is 32.2. The molecule has 2 aliphatic heterocycles. The van der Waals surface area contributed by atoms with Crippen molar-refractivity contribution in [3.63, 3.8) is 0 Å². The fourth-order valence-electron chi connectivity index (χ4n) is 3.54. The zero-order chi connectivity index (χ0) is 17.3. The second kappa shape index (κ2) is 6.73. The molecule has 0 amide bonds. The van der Waals surface area contributed by atoms with Gasteiger partial charge in [-0.3, -0.25) is 0 Å². The maximum absolute atomic E-state index is 4.67. The summed E-state index contributed by atoms with van der Waals surface area (Å²) in [6.45, 7) is 3.06. The Morgan fingerprint density at radius 3 is 2.96 bits per heavy atom. The monoisotopic (exact) mass is 368 g/mol. The molecule has 0 aromatic carbocycles. The smallest absolute Gasteiger partial charge is 0.182 e. The number of thioether (sulfide) groups is 1. The van der Waals surface area contributed by atoms with Crippen molar-refractivity contribution in [2.24, 2.45) is 0 Å². The number of rotatable bonds is 3. The zero-order valence-corrected chi connectivity index (χ0v) is 15.1. The Kier molecular flexibility index (Phi) is 4.10. The van der Waals surface area contributed by atoms with Crippen LogP contribution in [0.5, 0.6) is 0 Å². The first-order valence-electron chi connectivity index (χ1n) is 8.88. The lowest BCUT2D eigenvalue weighted by Gasteiger charge is -2.25. The molecule has 0 aliphatic carbocycles. The van der Waals surface area contributed by atoms with Crippen LogP contribution in [0.1, 0.15) is 24.6 Å². The molecule has 5 rings (SSSR count). The zero-order valence-electron chi connectivity index (χ0n) is 14.3. The lowest BCUT2D eigenvalue weighted by Crippen LogP contribution is -2.28. The number of aromatic nitrogens is 6. The summed E-state index contributed by atoms with van der Waals surface area (Å²) in [6.07, 6.45) is 11.9. The first kappa shape index (κ1) is 15.8. The van der Waals surface area contributed by atoms with Crippen LogP contribution in [0.4, 0.5) is 5.82 Å². The van der Waals surface area contributed by atoms with Crippen molar-refractivity contribution in [2.45, 2.75) is 18.9 Å². The van der Waals surface area contributed by atoms with Gasteiger partial charge in [0.25, 0.3) is 0 Å². The second-order valence-corrected chi connectivity index (χ2v) is 7.66. The van der Waals surface area contributed by atoms with Gasteiger partial charge in [-0.1, -0.05) is 0 Å². The summed E-state index contributed by atoms with van der Waals surface area (Å²) in [5.41, 5.74) is 2.60. The third-order valence-corrected chi connectivity index (χ3v) is 5.93. The number of fused-ring (bicyclic) bond motifs is 1. The van der Waals surface area contributed by atoms with Gasteiger partial charge in [-0.25, -0.2) is 19.9 Å². The Labute approximate surface area is 155 Å². The number of hydrogen-bond donors (Lipinski definition) is 2. The summed E-state index contributed by atoms with van der Waals surface area (Å²) in [4.78, 5) is 24.1. The lowest BCUT2D eigenvalue weighted by molar-refractivity contribution is 0.368. The van der Waals surface area contributed by atoms with Gasteiger partial charge in [-0.05, 0) is 25.9 Å². The molecule has 0 unspecified atom stereocenters. The van der Waals surface area contributed by atoms with Crippen molar-refractivity contribution in [2.75, 3.05) is 30.3 Å². The molecule has 3 aromatic rings. The molecule has 2 N–H and O–H groups in total. The minimum Gasteiger partial charge on any atom is -0.340 e. The molecule has 3 aromatic heterocycles. The molecular formula is C17H20N8S. The number of piperidine rings is 1. The molecule has 0 radical (unpaired) electrons. The van der Waals surface area contributed by atoms with E-state index in [2.05, 4.69) is 52.1 Å². The van der Waals surface area contributed by atoms with E-state index in [-0.39, 0.29) is 0 Å². The van der Waals surface area contributed by atoms with E-state index in [4.69, 9.17) is 0 Å². The minimum absolute atomic E-state index is 0.550. The van der Waals surface area contributed by atoms with Crippen LogP contribution in [0.3, 0.4) is 0 Å². The SMILES string of the molecule is C1=C(c2cn(C3CCNCC3)cn2)SCCN1c1ncnc2nc[nH]c12. The van der Waals surface area contributed by atoms with Crippen molar-refractivity contribution in [3.05, 3.63) is 37.1 Å². The molecule has 1 fully saturated rings. The molecule has 5 heterocycles. The average Bonchev–Trinajstić information content (AvgIpc) is 3.38. The van der Waals surface area contributed by atoms with Gasteiger partial charge in [-0.2, -0.15) is 0 Å². The fraction of sp³-hybridized carbons (Fsp3) is 0.412. The Bertz CT molecular complexity index is 939. The molecular weight excluding hydrogens is 348 g/mol. The van der Waals surface area contributed by atoms with E-state index >= 15 is 0 Å². The highest BCUT2D eigenvalue weighted by Crippen LogP contribution is 2.34. The van der Waals surface area contributed by atoms with Crippen molar-refractivity contribution < 1.29 is 0 Å². The van der Waals surface area contributed by atoms with Crippen LogP contribution >= 0.6 is 11.8 Å². The van der Waals surface area contributed by atoms with Gasteiger partial charge in [0.15, 0.2) is 11.5 Å². The van der Waals surface area contributed by atoms with Gasteiger partial charge >= 0.3 is 0 Å². The van der Waals surface area contributed by atoms with Crippen LogP contribution in [-0.4, -0.2) is 54.9 Å². The van der Waals surface area contributed by atoms with Crippen LogP contribution in [0.15, 0.2) is 31.4 Å². The average molecular weight is 368 g/mol. The van der Waals surface area contributed by atoms with E-state index in [1.807, 2.05) is 18.1 Å². The maximum atomic E-state index is 4.67. The largest absolute Gasteiger partial charge is 0.340 e. The predicted octanol–water partition coefficient (Wildman–Crippen LogP) is 2.03. The van der Waals surface area contributed by atoms with E-state index in [0.717, 1.165) is 55.3 Å². The van der Waals surface area contributed by atoms with E-state index in [0.29, 0.717) is 11.7 Å². The molecule has 0 saturated carbocycles. The highest BCUT2D eigenvalue weighted by molar-refractivity contribution is 8.08. The number of nitrogens with zero attached hydrogens (tertiary/aromatic N) is 6. The molecule has 0 spiro atoms. The molecule has 9 heteroatoms. The third kappa shape index (κ3) is 2.86. The molecule has 26 heavy (non-hydrogen) atoms. The normalized spacial score (nSPS) is 19.1. The van der Waals surface area contributed by atoms with Crippen molar-refractivity contribution in [1.82, 2.24) is 34.8 Å². The first-order chi connectivity index (χ1) is 12.9. The fourth-order valence-corrected chi connectivity index (χ4v) is 4.51. The molecule has 1 saturated heterocycles. The van der Waals surface area contributed by atoms with E-state index in [9.17, 15) is 0 Å². The van der Waals surface area contributed by atoms with Crippen LogP contribution in [0, 0.1) is 0 Å². The number of H-pyrrole nitrogens is 1. The van der Waals surface area contributed by atoms with E-state index < -0.39 is 0 Å². The Morgan fingerprint density at radius 2 is 2.04 bits per heavy atom. The van der Waals surface area contributed by atoms with E-state index in [1.165, 1.54) is 4.91 Å². The molecule has 2 aliphatic rings. The highest BCUT2D eigenvalue weighted by Gasteiger charge is 2.21. The summed E-state index contributed by atoms with van der Waals surface area (Å²) in [5.74, 6) is 1.86. The van der Waals surface area contributed by atoms with Gasteiger partial charge in [0.05, 0.1) is 23.3 Å². The topological polar surface area (TPSA) is 87.6 Å². The summed E-state index contributed by atoms with van der Waals surface area (Å²) in [6, 6.07) is 0.550. The predicted molar refractivity (Wildman–Crippen MR) is 103 cm³/mol. The standard InChI is InChI=1S/C17H20N8S/c1-3-18-4-2-12(1)25-7-13(23-11-25)14-8-24(5-6-26-14)17-15-16(20-9-19-15)21-10-22-17/h7-12,18H,1-6H2,(H,19,20,21,22). The maximum Gasteiger partial charge on any atom is 0.182 e. The summed E-state index contributed by atoms with van der Waals surface area (Å²) in [7, 11) is 0. The summed E-state index contributed by atoms with van der Waals surface area (Å²) in [5, 5.41) is 3.41. The Hall–Kier alpha value is -2.39. The van der Waals surface area contributed by atoms with Gasteiger partial charge in [0.2, 0.25) is 0 Å². The van der Waals surface area contributed by atoms with Gasteiger partial charge in [0, 0.05) is 30.7 Å². The molecule has 0 atom stereocenters. The van der Waals surface area contributed by atoms with Crippen LogP contribution < -0.4 is 10.2 Å². The number of anilines is 1. The van der Waals surface area contributed by atoms with Crippen LogP contribution in [-0.2, 0) is 0 Å². The van der Waals surface area contributed by atoms with Crippen molar-refractivity contribution in [1.29, 1.82) is 0 Å². The number of nitrogens with one attached hydrogen (secondary N) is 2. The van der Waals surface area contributed by atoms with Gasteiger partial charge < -0.3 is 19.8 Å². The third-order valence-electron chi connectivity index (χ3n) is 4.92. The lowest BCUT2D eigenvalue weighted by atomic mass is 10.1.